The van der Waals surface area contributed by atoms with Gasteiger partial charge in [0.15, 0.2) is 0 Å². The maximum Gasteiger partial charge on any atom is 0.119 e. The van der Waals surface area contributed by atoms with E-state index in [4.69, 9.17) is 10.5 Å². The summed E-state index contributed by atoms with van der Waals surface area (Å²) in [5, 5.41) is 0. The van der Waals surface area contributed by atoms with E-state index in [1.807, 2.05) is 0 Å². The molecule has 19 heavy (non-hydrogen) atoms. The van der Waals surface area contributed by atoms with Crippen LogP contribution in [-0.4, -0.2) is 31.1 Å². The minimum Gasteiger partial charge on any atom is -0.494 e. The van der Waals surface area contributed by atoms with Crippen molar-refractivity contribution in [2.45, 2.75) is 32.7 Å². The lowest BCUT2D eigenvalue weighted by Gasteiger charge is -2.32. The first-order chi connectivity index (χ1) is 9.31. The quantitative estimate of drug-likeness (QED) is 0.856. The molecule has 0 saturated carbocycles. The molecule has 1 aliphatic rings. The smallest absolute Gasteiger partial charge is 0.119 e. The zero-order chi connectivity index (χ0) is 13.5. The SMILES string of the molecule is CCCOc1ccc(CN2CCCC(CN)C2)cc1. The zero-order valence-electron chi connectivity index (χ0n) is 12.0. The van der Waals surface area contributed by atoms with Crippen LogP contribution in [0.5, 0.6) is 5.75 Å². The number of nitrogens with zero attached hydrogens (tertiary/aromatic N) is 1. The van der Waals surface area contributed by atoms with Gasteiger partial charge in [0.05, 0.1) is 6.61 Å². The Labute approximate surface area is 116 Å². The normalized spacial score (nSPS) is 20.4. The number of benzene rings is 1. The van der Waals surface area contributed by atoms with Crippen LogP contribution in [0, 0.1) is 5.92 Å². The predicted octanol–water partition coefficient (Wildman–Crippen LogP) is 2.65. The Balaban J connectivity index is 1.85. The first kappa shape index (κ1) is 14.4. The number of ether oxygens (including phenoxy) is 1. The van der Waals surface area contributed by atoms with Crippen molar-refractivity contribution in [3.8, 4) is 5.75 Å². The van der Waals surface area contributed by atoms with Gasteiger partial charge in [-0.15, -0.1) is 0 Å². The lowest BCUT2D eigenvalue weighted by molar-refractivity contribution is 0.171. The van der Waals surface area contributed by atoms with Crippen molar-refractivity contribution >= 4 is 0 Å². The highest BCUT2D eigenvalue weighted by atomic mass is 16.5. The summed E-state index contributed by atoms with van der Waals surface area (Å²) < 4.78 is 5.60. The standard InChI is InChI=1S/C16H26N2O/c1-2-10-19-16-7-5-14(6-8-16)12-18-9-3-4-15(11-17)13-18/h5-8,15H,2-4,9-13,17H2,1H3. The van der Waals surface area contributed by atoms with Crippen LogP contribution in [0.3, 0.4) is 0 Å². The van der Waals surface area contributed by atoms with E-state index in [1.165, 1.54) is 24.9 Å². The Bertz CT molecular complexity index is 364. The van der Waals surface area contributed by atoms with Crippen LogP contribution in [0.4, 0.5) is 0 Å². The molecule has 0 radical (unpaired) electrons. The highest BCUT2D eigenvalue weighted by molar-refractivity contribution is 5.27. The first-order valence-corrected chi connectivity index (χ1v) is 7.46. The molecule has 106 valence electrons. The van der Waals surface area contributed by atoms with Crippen molar-refractivity contribution in [1.29, 1.82) is 0 Å². The summed E-state index contributed by atoms with van der Waals surface area (Å²) in [6, 6.07) is 8.51. The van der Waals surface area contributed by atoms with E-state index in [9.17, 15) is 0 Å². The number of hydrogen-bond donors (Lipinski definition) is 1. The third-order valence-electron chi connectivity index (χ3n) is 3.74. The highest BCUT2D eigenvalue weighted by Gasteiger charge is 2.18. The van der Waals surface area contributed by atoms with Crippen LogP contribution in [0.15, 0.2) is 24.3 Å². The molecule has 0 aliphatic carbocycles. The van der Waals surface area contributed by atoms with Gasteiger partial charge in [-0.05, 0) is 56.0 Å². The van der Waals surface area contributed by atoms with Gasteiger partial charge in [0.25, 0.3) is 0 Å². The third kappa shape index (κ3) is 4.51. The zero-order valence-corrected chi connectivity index (χ0v) is 12.0. The molecule has 1 aromatic carbocycles. The molecule has 1 unspecified atom stereocenters. The van der Waals surface area contributed by atoms with Gasteiger partial charge in [0.2, 0.25) is 0 Å². The molecule has 0 bridgehead atoms. The van der Waals surface area contributed by atoms with Crippen molar-refractivity contribution in [2.75, 3.05) is 26.2 Å². The van der Waals surface area contributed by atoms with Crippen LogP contribution in [0.25, 0.3) is 0 Å². The highest BCUT2D eigenvalue weighted by Crippen LogP contribution is 2.19. The van der Waals surface area contributed by atoms with Crippen molar-refractivity contribution in [1.82, 2.24) is 4.90 Å². The molecule has 0 amide bonds. The van der Waals surface area contributed by atoms with E-state index in [1.54, 1.807) is 0 Å². The van der Waals surface area contributed by atoms with Gasteiger partial charge < -0.3 is 10.5 Å². The van der Waals surface area contributed by atoms with E-state index < -0.39 is 0 Å². The fourth-order valence-electron chi connectivity index (χ4n) is 2.66. The molecule has 3 heteroatoms. The summed E-state index contributed by atoms with van der Waals surface area (Å²) in [6.45, 7) is 7.11. The average Bonchev–Trinajstić information content (AvgIpc) is 2.47. The Morgan fingerprint density at radius 2 is 2.11 bits per heavy atom. The Morgan fingerprint density at radius 1 is 1.32 bits per heavy atom. The molecule has 1 saturated heterocycles. The Morgan fingerprint density at radius 3 is 2.79 bits per heavy atom. The summed E-state index contributed by atoms with van der Waals surface area (Å²) in [4.78, 5) is 2.52. The second-order valence-corrected chi connectivity index (χ2v) is 5.47. The molecule has 1 aliphatic heterocycles. The van der Waals surface area contributed by atoms with E-state index in [0.29, 0.717) is 5.92 Å². The second-order valence-electron chi connectivity index (χ2n) is 5.47. The van der Waals surface area contributed by atoms with Crippen LogP contribution in [-0.2, 0) is 6.54 Å². The second kappa shape index (κ2) is 7.51. The number of hydrogen-bond acceptors (Lipinski definition) is 3. The van der Waals surface area contributed by atoms with Gasteiger partial charge in [-0.25, -0.2) is 0 Å². The maximum absolute atomic E-state index is 5.78. The molecule has 0 aromatic heterocycles. The summed E-state index contributed by atoms with van der Waals surface area (Å²) in [5.74, 6) is 1.66. The molecule has 1 heterocycles. The van der Waals surface area contributed by atoms with E-state index >= 15 is 0 Å². The summed E-state index contributed by atoms with van der Waals surface area (Å²) >= 11 is 0. The molecular weight excluding hydrogens is 236 g/mol. The van der Waals surface area contributed by atoms with E-state index in [-0.39, 0.29) is 0 Å². The first-order valence-electron chi connectivity index (χ1n) is 7.46. The number of piperidine rings is 1. The summed E-state index contributed by atoms with van der Waals surface area (Å²) in [7, 11) is 0. The monoisotopic (exact) mass is 262 g/mol. The van der Waals surface area contributed by atoms with Gasteiger partial charge >= 0.3 is 0 Å². The largest absolute Gasteiger partial charge is 0.494 e. The van der Waals surface area contributed by atoms with Crippen molar-refractivity contribution < 1.29 is 4.74 Å². The van der Waals surface area contributed by atoms with Gasteiger partial charge in [0.1, 0.15) is 5.75 Å². The fourth-order valence-corrected chi connectivity index (χ4v) is 2.66. The van der Waals surface area contributed by atoms with Crippen LogP contribution < -0.4 is 10.5 Å². The Kier molecular flexibility index (Phi) is 5.67. The summed E-state index contributed by atoms with van der Waals surface area (Å²) in [6.07, 6.45) is 3.62. The average molecular weight is 262 g/mol. The molecule has 0 spiro atoms. The molecule has 1 atom stereocenters. The molecular formula is C16H26N2O. The van der Waals surface area contributed by atoms with Gasteiger partial charge in [-0.2, -0.15) is 0 Å². The van der Waals surface area contributed by atoms with Gasteiger partial charge in [-0.1, -0.05) is 19.1 Å². The fraction of sp³-hybridized carbons (Fsp3) is 0.625. The third-order valence-corrected chi connectivity index (χ3v) is 3.74. The lowest BCUT2D eigenvalue weighted by atomic mass is 9.98. The minimum atomic E-state index is 0.681. The van der Waals surface area contributed by atoms with Crippen molar-refractivity contribution in [3.05, 3.63) is 29.8 Å². The molecule has 3 nitrogen and oxygen atoms in total. The van der Waals surface area contributed by atoms with Crippen LogP contribution in [0.2, 0.25) is 0 Å². The predicted molar refractivity (Wildman–Crippen MR) is 79.3 cm³/mol. The molecule has 2 rings (SSSR count). The molecule has 1 fully saturated rings. The summed E-state index contributed by atoms with van der Waals surface area (Å²) in [5.41, 5.74) is 7.14. The van der Waals surface area contributed by atoms with Gasteiger partial charge in [0, 0.05) is 13.1 Å². The van der Waals surface area contributed by atoms with Crippen molar-refractivity contribution in [2.24, 2.45) is 11.7 Å². The topological polar surface area (TPSA) is 38.5 Å². The van der Waals surface area contributed by atoms with Gasteiger partial charge in [-0.3, -0.25) is 4.90 Å². The Hall–Kier alpha value is -1.06. The lowest BCUT2D eigenvalue weighted by Crippen LogP contribution is -2.37. The van der Waals surface area contributed by atoms with E-state index in [2.05, 4.69) is 36.1 Å². The number of likely N-dealkylation sites (tertiary alicyclic amines) is 1. The minimum absolute atomic E-state index is 0.681. The molecule has 2 N–H and O–H groups in total. The van der Waals surface area contributed by atoms with Crippen LogP contribution in [0.1, 0.15) is 31.7 Å². The molecule has 1 aromatic rings. The van der Waals surface area contributed by atoms with Crippen LogP contribution >= 0.6 is 0 Å². The maximum atomic E-state index is 5.78. The number of nitrogens with two attached hydrogens (primary N) is 1. The number of rotatable bonds is 6. The van der Waals surface area contributed by atoms with Crippen molar-refractivity contribution in [3.63, 3.8) is 0 Å². The van der Waals surface area contributed by atoms with E-state index in [0.717, 1.165) is 38.4 Å².